The number of nitrogen functional groups attached to an aromatic ring is 1. The van der Waals surface area contributed by atoms with Crippen LogP contribution in [0, 0.1) is 0 Å². The van der Waals surface area contributed by atoms with E-state index in [0.717, 1.165) is 0 Å². The fourth-order valence-corrected chi connectivity index (χ4v) is 1.59. The number of halogens is 1. The average Bonchev–Trinajstić information content (AvgIpc) is 2.23. The van der Waals surface area contributed by atoms with Crippen molar-refractivity contribution in [1.82, 2.24) is 0 Å². The molecule has 0 aromatic heterocycles. The minimum absolute atomic E-state index is 0.0207. The zero-order chi connectivity index (χ0) is 13.2. The molecule has 0 aliphatic carbocycles. The maximum atomic E-state index is 11.0. The van der Waals surface area contributed by atoms with Crippen molar-refractivity contribution in [2.75, 3.05) is 18.2 Å². The van der Waals surface area contributed by atoms with Gasteiger partial charge in [-0.15, -0.1) is 0 Å². The predicted molar refractivity (Wildman–Crippen MR) is 63.7 cm³/mol. The van der Waals surface area contributed by atoms with Gasteiger partial charge in [0.1, 0.15) is 11.3 Å². The summed E-state index contributed by atoms with van der Waals surface area (Å²) in [6.07, 6.45) is 0. The second-order valence-corrected chi connectivity index (χ2v) is 3.62. The Hall–Kier alpha value is -1.95. The third kappa shape index (κ3) is 2.59. The molecule has 0 atom stereocenters. The van der Waals surface area contributed by atoms with Crippen molar-refractivity contribution in [2.45, 2.75) is 6.92 Å². The Balaban J connectivity index is 3.46. The second kappa shape index (κ2) is 4.92. The molecule has 7 heteroatoms. The number of nitrogens with two attached hydrogens (primary N) is 1. The maximum absolute atomic E-state index is 11.0. The zero-order valence-corrected chi connectivity index (χ0v) is 9.96. The van der Waals surface area contributed by atoms with E-state index in [2.05, 4.69) is 5.32 Å². The number of carbonyl (C=O) groups excluding carboxylic acids is 1. The summed E-state index contributed by atoms with van der Waals surface area (Å²) in [5.74, 6) is -1.63. The number of rotatable bonds is 3. The molecule has 0 saturated carbocycles. The summed E-state index contributed by atoms with van der Waals surface area (Å²) < 4.78 is 4.90. The molecule has 0 bridgehead atoms. The summed E-state index contributed by atoms with van der Waals surface area (Å²) >= 11 is 5.84. The molecular formula is C10H11ClN2O4. The van der Waals surface area contributed by atoms with Gasteiger partial charge < -0.3 is 20.9 Å². The molecule has 1 aromatic carbocycles. The lowest BCUT2D eigenvalue weighted by molar-refractivity contribution is -0.114. The van der Waals surface area contributed by atoms with Crippen molar-refractivity contribution in [3.05, 3.63) is 16.7 Å². The lowest BCUT2D eigenvalue weighted by atomic mass is 10.1. The van der Waals surface area contributed by atoms with Gasteiger partial charge in [-0.05, 0) is 6.07 Å². The maximum Gasteiger partial charge on any atom is 0.339 e. The molecule has 0 unspecified atom stereocenters. The van der Waals surface area contributed by atoms with Crippen molar-refractivity contribution < 1.29 is 19.4 Å². The first-order valence-corrected chi connectivity index (χ1v) is 4.93. The number of ether oxygens (including phenoxy) is 1. The van der Waals surface area contributed by atoms with Crippen LogP contribution in [0.3, 0.4) is 0 Å². The van der Waals surface area contributed by atoms with E-state index in [4.69, 9.17) is 27.2 Å². The molecule has 0 radical (unpaired) electrons. The van der Waals surface area contributed by atoms with Crippen LogP contribution in [0.1, 0.15) is 17.3 Å². The molecule has 0 heterocycles. The quantitative estimate of drug-likeness (QED) is 0.715. The van der Waals surface area contributed by atoms with E-state index in [9.17, 15) is 9.59 Å². The Bertz CT molecular complexity index is 488. The Morgan fingerprint density at radius 2 is 2.12 bits per heavy atom. The number of anilines is 2. The summed E-state index contributed by atoms with van der Waals surface area (Å²) in [7, 11) is 1.28. The van der Waals surface area contributed by atoms with E-state index in [1.54, 1.807) is 0 Å². The van der Waals surface area contributed by atoms with E-state index in [1.165, 1.54) is 20.1 Å². The average molecular weight is 259 g/mol. The van der Waals surface area contributed by atoms with E-state index in [0.29, 0.717) is 0 Å². The highest BCUT2D eigenvalue weighted by Gasteiger charge is 2.20. The van der Waals surface area contributed by atoms with Crippen molar-refractivity contribution in [1.29, 1.82) is 0 Å². The summed E-state index contributed by atoms with van der Waals surface area (Å²) in [6, 6.07) is 1.17. The lowest BCUT2D eigenvalue weighted by Crippen LogP contribution is -2.11. The van der Waals surface area contributed by atoms with Crippen LogP contribution in [0.25, 0.3) is 0 Å². The summed E-state index contributed by atoms with van der Waals surface area (Å²) in [5.41, 5.74) is 5.65. The van der Waals surface area contributed by atoms with Gasteiger partial charge in [0.05, 0.1) is 17.8 Å². The number of amides is 1. The highest BCUT2D eigenvalue weighted by molar-refractivity contribution is 6.35. The first-order chi connectivity index (χ1) is 7.88. The molecule has 1 amide bonds. The third-order valence-electron chi connectivity index (χ3n) is 2.00. The Kier molecular flexibility index (Phi) is 3.80. The number of carboxylic acids is 1. The fourth-order valence-electron chi connectivity index (χ4n) is 1.33. The van der Waals surface area contributed by atoms with Crippen LogP contribution >= 0.6 is 11.6 Å². The van der Waals surface area contributed by atoms with E-state index < -0.39 is 5.97 Å². The van der Waals surface area contributed by atoms with Gasteiger partial charge >= 0.3 is 5.97 Å². The first-order valence-electron chi connectivity index (χ1n) is 4.55. The molecule has 1 rings (SSSR count). The third-order valence-corrected chi connectivity index (χ3v) is 2.30. The van der Waals surface area contributed by atoms with Gasteiger partial charge in [-0.1, -0.05) is 11.6 Å². The molecule has 0 fully saturated rings. The summed E-state index contributed by atoms with van der Waals surface area (Å²) in [5, 5.41) is 11.4. The highest BCUT2D eigenvalue weighted by atomic mass is 35.5. The number of hydrogen-bond donors (Lipinski definition) is 3. The van der Waals surface area contributed by atoms with Crippen LogP contribution in [0.2, 0.25) is 5.02 Å². The monoisotopic (exact) mass is 258 g/mol. The van der Waals surface area contributed by atoms with Crippen LogP contribution in [-0.4, -0.2) is 24.1 Å². The molecule has 92 valence electrons. The number of methoxy groups -OCH3 is 1. The van der Waals surface area contributed by atoms with Crippen molar-refractivity contribution in [3.8, 4) is 5.75 Å². The largest absolute Gasteiger partial charge is 0.494 e. The van der Waals surface area contributed by atoms with Crippen LogP contribution in [-0.2, 0) is 4.79 Å². The van der Waals surface area contributed by atoms with Gasteiger partial charge in [0.2, 0.25) is 5.91 Å². The number of carbonyl (C=O) groups is 2. The first kappa shape index (κ1) is 13.1. The molecule has 0 aliphatic heterocycles. The number of aromatic carboxylic acids is 1. The van der Waals surface area contributed by atoms with Crippen LogP contribution in [0.5, 0.6) is 5.75 Å². The van der Waals surface area contributed by atoms with Crippen molar-refractivity contribution in [2.24, 2.45) is 0 Å². The topological polar surface area (TPSA) is 102 Å². The van der Waals surface area contributed by atoms with Gasteiger partial charge in [-0.2, -0.15) is 0 Å². The van der Waals surface area contributed by atoms with Gasteiger partial charge in [0, 0.05) is 6.92 Å². The number of hydrogen-bond acceptors (Lipinski definition) is 4. The zero-order valence-electron chi connectivity index (χ0n) is 9.20. The number of benzene rings is 1. The molecule has 6 nitrogen and oxygen atoms in total. The normalized spacial score (nSPS) is 9.82. The van der Waals surface area contributed by atoms with Crippen molar-refractivity contribution >= 4 is 34.9 Å². The molecule has 17 heavy (non-hydrogen) atoms. The van der Waals surface area contributed by atoms with Crippen LogP contribution < -0.4 is 15.8 Å². The Labute approximate surface area is 102 Å². The minimum atomic E-state index is -1.22. The highest BCUT2D eigenvalue weighted by Crippen LogP contribution is 2.39. The van der Waals surface area contributed by atoms with Gasteiger partial charge in [-0.3, -0.25) is 4.79 Å². The fraction of sp³-hybridized carbons (Fsp3) is 0.200. The van der Waals surface area contributed by atoms with Crippen LogP contribution in [0.4, 0.5) is 11.4 Å². The van der Waals surface area contributed by atoms with Gasteiger partial charge in [-0.25, -0.2) is 4.79 Å². The summed E-state index contributed by atoms with van der Waals surface area (Å²) in [6.45, 7) is 1.29. The molecule has 0 aliphatic rings. The second-order valence-electron chi connectivity index (χ2n) is 3.21. The van der Waals surface area contributed by atoms with Gasteiger partial charge in [0.15, 0.2) is 5.75 Å². The molecule has 1 aromatic rings. The standard InChI is InChI=1S/C10H11ClN2O4/c1-4(14)13-8-6(11)3-5(10(15)16)9(17-2)7(8)12/h3H,12H2,1-2H3,(H,13,14)(H,15,16). The molecule has 4 N–H and O–H groups in total. The smallest absolute Gasteiger partial charge is 0.339 e. The SMILES string of the molecule is COc1c(C(=O)O)cc(Cl)c(NC(C)=O)c1N. The van der Waals surface area contributed by atoms with Gasteiger partial charge in [0.25, 0.3) is 0 Å². The van der Waals surface area contributed by atoms with Crippen molar-refractivity contribution in [3.63, 3.8) is 0 Å². The molecular weight excluding hydrogens is 248 g/mol. The molecule has 0 spiro atoms. The molecule has 0 saturated heterocycles. The summed E-state index contributed by atoms with van der Waals surface area (Å²) in [4.78, 5) is 21.9. The Morgan fingerprint density at radius 3 is 2.53 bits per heavy atom. The number of nitrogens with one attached hydrogen (secondary N) is 1. The van der Waals surface area contributed by atoms with E-state index >= 15 is 0 Å². The predicted octanol–water partition coefficient (Wildman–Crippen LogP) is 1.59. The Morgan fingerprint density at radius 1 is 1.53 bits per heavy atom. The van der Waals surface area contributed by atoms with E-state index in [-0.39, 0.29) is 33.6 Å². The lowest BCUT2D eigenvalue weighted by Gasteiger charge is -2.14. The van der Waals surface area contributed by atoms with E-state index in [1.807, 2.05) is 0 Å². The minimum Gasteiger partial charge on any atom is -0.494 e. The van der Waals surface area contributed by atoms with Crippen LogP contribution in [0.15, 0.2) is 6.07 Å². The number of carboxylic acid groups (broad SMARTS) is 1.